The quantitative estimate of drug-likeness (QED) is 0.229. The Labute approximate surface area is 231 Å². The molecule has 2 aromatic carbocycles. The highest BCUT2D eigenvalue weighted by molar-refractivity contribution is 7.99. The molecule has 2 saturated heterocycles. The van der Waals surface area contributed by atoms with Gasteiger partial charge in [-0.15, -0.1) is 0 Å². The molecule has 0 unspecified atom stereocenters. The summed E-state index contributed by atoms with van der Waals surface area (Å²) in [6.07, 6.45) is 5.78. The summed E-state index contributed by atoms with van der Waals surface area (Å²) in [7, 11) is 2.24. The van der Waals surface area contributed by atoms with Crippen molar-refractivity contribution in [2.24, 2.45) is 5.92 Å². The SMILES string of the molecule is [C-]#[N+]C[C@@H]1CCCN(c2nc(SC[C@@H]3CCCN3C)nc3c2CCN(c2cccc4cccc(C)c24)C3)C1. The first-order valence-corrected chi connectivity index (χ1v) is 15.1. The predicted molar refractivity (Wildman–Crippen MR) is 158 cm³/mol. The van der Waals surface area contributed by atoms with Crippen molar-refractivity contribution in [3.05, 3.63) is 64.6 Å². The summed E-state index contributed by atoms with van der Waals surface area (Å²) in [4.78, 5) is 21.6. The van der Waals surface area contributed by atoms with Crippen molar-refractivity contribution in [3.63, 3.8) is 0 Å². The van der Waals surface area contributed by atoms with Crippen LogP contribution in [0.5, 0.6) is 0 Å². The number of hydrogen-bond acceptors (Lipinski definition) is 6. The van der Waals surface area contributed by atoms with Crippen molar-refractivity contribution in [3.8, 4) is 0 Å². The molecule has 3 aromatic rings. The Morgan fingerprint density at radius 3 is 2.68 bits per heavy atom. The Morgan fingerprint density at radius 1 is 1.03 bits per heavy atom. The van der Waals surface area contributed by atoms with Gasteiger partial charge >= 0.3 is 0 Å². The van der Waals surface area contributed by atoms with E-state index in [1.165, 1.54) is 52.7 Å². The van der Waals surface area contributed by atoms with E-state index in [4.69, 9.17) is 16.5 Å². The largest absolute Gasteiger partial charge is 0.365 e. The van der Waals surface area contributed by atoms with Crippen LogP contribution in [0.2, 0.25) is 0 Å². The van der Waals surface area contributed by atoms with E-state index < -0.39 is 0 Å². The monoisotopic (exact) mass is 526 g/mol. The van der Waals surface area contributed by atoms with Gasteiger partial charge in [0.2, 0.25) is 6.54 Å². The molecule has 0 bridgehead atoms. The number of nitrogens with zero attached hydrogens (tertiary/aromatic N) is 6. The highest BCUT2D eigenvalue weighted by atomic mass is 32.2. The summed E-state index contributed by atoms with van der Waals surface area (Å²) >= 11 is 1.83. The Balaban J connectivity index is 1.34. The predicted octanol–water partition coefficient (Wildman–Crippen LogP) is 5.82. The molecule has 0 saturated carbocycles. The highest BCUT2D eigenvalue weighted by Crippen LogP contribution is 2.36. The van der Waals surface area contributed by atoms with Crippen LogP contribution in [0.4, 0.5) is 11.5 Å². The number of anilines is 2. The van der Waals surface area contributed by atoms with Crippen molar-refractivity contribution in [1.82, 2.24) is 14.9 Å². The fraction of sp³-hybridized carbons (Fsp3) is 0.516. The van der Waals surface area contributed by atoms with Gasteiger partial charge in [-0.2, -0.15) is 0 Å². The second-order valence-electron chi connectivity index (χ2n) is 11.3. The number of aryl methyl sites for hydroxylation is 1. The molecule has 0 aliphatic carbocycles. The third kappa shape index (κ3) is 5.09. The van der Waals surface area contributed by atoms with Crippen molar-refractivity contribution < 1.29 is 0 Å². The van der Waals surface area contributed by atoms with Crippen LogP contribution in [0, 0.1) is 19.4 Å². The number of hydrogen-bond donors (Lipinski definition) is 0. The van der Waals surface area contributed by atoms with E-state index in [2.05, 4.69) is 69.9 Å². The molecule has 3 aliphatic heterocycles. The number of rotatable bonds is 6. The van der Waals surface area contributed by atoms with Gasteiger partial charge < -0.3 is 19.5 Å². The number of piperidine rings is 1. The van der Waals surface area contributed by atoms with Crippen LogP contribution in [0.3, 0.4) is 0 Å². The van der Waals surface area contributed by atoms with Crippen LogP contribution in [0.15, 0.2) is 41.6 Å². The van der Waals surface area contributed by atoms with Crippen LogP contribution >= 0.6 is 11.8 Å². The van der Waals surface area contributed by atoms with Gasteiger partial charge in [-0.05, 0) is 69.6 Å². The third-order valence-corrected chi connectivity index (χ3v) is 9.69. The first-order chi connectivity index (χ1) is 18.6. The zero-order valence-corrected chi connectivity index (χ0v) is 23.5. The molecule has 4 heterocycles. The molecule has 0 N–H and O–H groups in total. The van der Waals surface area contributed by atoms with E-state index in [1.807, 2.05) is 11.8 Å². The number of fused-ring (bicyclic) bond motifs is 2. The van der Waals surface area contributed by atoms with Gasteiger partial charge in [0.25, 0.3) is 0 Å². The minimum atomic E-state index is 0.439. The van der Waals surface area contributed by atoms with Crippen molar-refractivity contribution >= 4 is 34.0 Å². The summed E-state index contributed by atoms with van der Waals surface area (Å²) in [5.74, 6) is 2.62. The Kier molecular flexibility index (Phi) is 7.45. The maximum atomic E-state index is 7.39. The van der Waals surface area contributed by atoms with Crippen molar-refractivity contribution in [1.29, 1.82) is 0 Å². The summed E-state index contributed by atoms with van der Waals surface area (Å²) in [6, 6.07) is 13.9. The van der Waals surface area contributed by atoms with E-state index >= 15 is 0 Å². The molecule has 1 aromatic heterocycles. The minimum absolute atomic E-state index is 0.439. The molecular weight excluding hydrogens is 488 g/mol. The molecular formula is C31H38N6S. The van der Waals surface area contributed by atoms with Crippen LogP contribution in [-0.4, -0.2) is 66.4 Å². The van der Waals surface area contributed by atoms with Gasteiger partial charge in [0.1, 0.15) is 5.82 Å². The van der Waals surface area contributed by atoms with Crippen LogP contribution in [0.1, 0.15) is 42.5 Å². The Hall–Kier alpha value is -2.82. The lowest BCUT2D eigenvalue weighted by Crippen LogP contribution is -2.39. The number of likely N-dealkylation sites (tertiary alicyclic amines) is 1. The van der Waals surface area contributed by atoms with Gasteiger partial charge in [0, 0.05) is 54.0 Å². The molecule has 198 valence electrons. The van der Waals surface area contributed by atoms with E-state index in [0.717, 1.165) is 62.2 Å². The molecule has 0 spiro atoms. The number of thioether (sulfide) groups is 1. The molecule has 0 radical (unpaired) electrons. The summed E-state index contributed by atoms with van der Waals surface area (Å²) < 4.78 is 0. The average molecular weight is 527 g/mol. The smallest absolute Gasteiger partial charge is 0.219 e. The lowest BCUT2D eigenvalue weighted by atomic mass is 9.96. The average Bonchev–Trinajstić information content (AvgIpc) is 3.35. The molecule has 0 amide bonds. The summed E-state index contributed by atoms with van der Waals surface area (Å²) in [5.41, 5.74) is 5.14. The van der Waals surface area contributed by atoms with Crippen LogP contribution in [0.25, 0.3) is 15.6 Å². The maximum Gasteiger partial charge on any atom is 0.219 e. The first kappa shape index (κ1) is 25.5. The lowest BCUT2D eigenvalue weighted by molar-refractivity contribution is 0.335. The molecule has 38 heavy (non-hydrogen) atoms. The van der Waals surface area contributed by atoms with Crippen molar-refractivity contribution in [2.45, 2.75) is 56.8 Å². The van der Waals surface area contributed by atoms with Gasteiger partial charge in [0.15, 0.2) is 5.16 Å². The molecule has 3 aliphatic rings. The Morgan fingerprint density at radius 2 is 1.87 bits per heavy atom. The molecule has 6 rings (SSSR count). The number of aromatic nitrogens is 2. The zero-order valence-electron chi connectivity index (χ0n) is 22.7. The molecule has 6 nitrogen and oxygen atoms in total. The van der Waals surface area contributed by atoms with Crippen LogP contribution in [-0.2, 0) is 13.0 Å². The summed E-state index contributed by atoms with van der Waals surface area (Å²) in [6.45, 7) is 15.2. The van der Waals surface area contributed by atoms with Gasteiger partial charge in [-0.3, -0.25) is 0 Å². The Bertz CT molecular complexity index is 1340. The maximum absolute atomic E-state index is 7.39. The van der Waals surface area contributed by atoms with Gasteiger partial charge in [-0.25, -0.2) is 16.5 Å². The number of benzene rings is 2. The first-order valence-electron chi connectivity index (χ1n) is 14.1. The summed E-state index contributed by atoms with van der Waals surface area (Å²) in [5, 5.41) is 3.57. The van der Waals surface area contributed by atoms with E-state index in [-0.39, 0.29) is 0 Å². The van der Waals surface area contributed by atoms with Crippen LogP contribution < -0.4 is 9.80 Å². The highest BCUT2D eigenvalue weighted by Gasteiger charge is 2.30. The molecule has 7 heteroatoms. The second kappa shape index (κ2) is 11.1. The van der Waals surface area contributed by atoms with E-state index in [1.54, 1.807) is 0 Å². The topological polar surface area (TPSA) is 39.9 Å². The van der Waals surface area contributed by atoms with Gasteiger partial charge in [-0.1, -0.05) is 42.1 Å². The zero-order chi connectivity index (χ0) is 26.1. The van der Waals surface area contributed by atoms with Gasteiger partial charge in [0.05, 0.1) is 12.2 Å². The third-order valence-electron chi connectivity index (χ3n) is 8.70. The standard InChI is InChI=1S/C31H38N6S/c1-22-8-4-10-24-11-5-13-28(29(22)24)36-17-14-26-27(20-36)33-31(38-21-25-12-7-15-35(25)3)34-30(26)37-16-6-9-23(19-37)18-32-2/h4-5,8,10-11,13,23,25H,6-7,9,12,14-21H2,1,3H3/t23-,25-/m0/s1. The van der Waals surface area contributed by atoms with E-state index in [9.17, 15) is 0 Å². The normalized spacial score (nSPS) is 22.0. The molecule has 2 fully saturated rings. The fourth-order valence-electron chi connectivity index (χ4n) is 6.59. The minimum Gasteiger partial charge on any atom is -0.365 e. The second-order valence-corrected chi connectivity index (χ2v) is 12.2. The molecule has 2 atom stereocenters. The fourth-order valence-corrected chi connectivity index (χ4v) is 7.67. The van der Waals surface area contributed by atoms with Crippen molar-refractivity contribution in [2.75, 3.05) is 55.3 Å². The van der Waals surface area contributed by atoms with E-state index in [0.29, 0.717) is 18.5 Å². The lowest BCUT2D eigenvalue weighted by Gasteiger charge is -2.37.